The first kappa shape index (κ1) is 17.8. The molecule has 0 atom stereocenters. The molecule has 142 valence electrons. The highest BCUT2D eigenvalue weighted by molar-refractivity contribution is 6.05. The fraction of sp³-hybridized carbons (Fsp3) is 0.190. The van der Waals surface area contributed by atoms with Gasteiger partial charge < -0.3 is 19.7 Å². The van der Waals surface area contributed by atoms with Crippen LogP contribution in [0.5, 0.6) is 11.5 Å². The Morgan fingerprint density at radius 2 is 1.96 bits per heavy atom. The van der Waals surface area contributed by atoms with Gasteiger partial charge in [0.05, 0.1) is 0 Å². The molecule has 0 aliphatic carbocycles. The van der Waals surface area contributed by atoms with E-state index in [1.54, 1.807) is 11.0 Å². The van der Waals surface area contributed by atoms with Crippen LogP contribution in [0.3, 0.4) is 0 Å². The lowest BCUT2D eigenvalue weighted by Gasteiger charge is -2.21. The predicted octanol–water partition coefficient (Wildman–Crippen LogP) is 3.92. The Morgan fingerprint density at radius 1 is 1.11 bits per heavy atom. The third-order valence-corrected chi connectivity index (χ3v) is 4.41. The van der Waals surface area contributed by atoms with Gasteiger partial charge >= 0.3 is 0 Å². The molecule has 1 N–H and O–H groups in total. The van der Waals surface area contributed by atoms with Crippen LogP contribution < -0.4 is 19.7 Å². The smallest absolute Gasteiger partial charge is 0.277 e. The largest absolute Gasteiger partial charge is 0.454 e. The molecule has 0 saturated heterocycles. The summed E-state index contributed by atoms with van der Waals surface area (Å²) in [5, 5.41) is 3.18. The first-order chi connectivity index (χ1) is 13.6. The number of ether oxygens (including phenoxy) is 2. The number of nitrogens with zero attached hydrogens (tertiary/aromatic N) is 3. The highest BCUT2D eigenvalue weighted by Crippen LogP contribution is 2.34. The van der Waals surface area contributed by atoms with Crippen LogP contribution in [-0.4, -0.2) is 29.2 Å². The summed E-state index contributed by atoms with van der Waals surface area (Å²) in [6.45, 7) is 4.70. The van der Waals surface area contributed by atoms with Crippen molar-refractivity contribution in [3.05, 3.63) is 66.1 Å². The van der Waals surface area contributed by atoms with Crippen molar-refractivity contribution in [3.8, 4) is 11.5 Å². The summed E-state index contributed by atoms with van der Waals surface area (Å²) in [6, 6.07) is 15.0. The van der Waals surface area contributed by atoms with E-state index in [9.17, 15) is 4.79 Å². The van der Waals surface area contributed by atoms with Gasteiger partial charge in [0, 0.05) is 30.1 Å². The molecule has 0 saturated carbocycles. The highest BCUT2D eigenvalue weighted by atomic mass is 16.7. The van der Waals surface area contributed by atoms with Crippen LogP contribution in [0.4, 0.5) is 17.2 Å². The molecule has 3 aromatic rings. The molecule has 2 aromatic carbocycles. The van der Waals surface area contributed by atoms with Gasteiger partial charge in [-0.15, -0.1) is 0 Å². The van der Waals surface area contributed by atoms with Gasteiger partial charge in [-0.2, -0.15) is 0 Å². The van der Waals surface area contributed by atoms with E-state index in [4.69, 9.17) is 9.47 Å². The van der Waals surface area contributed by atoms with Gasteiger partial charge in [-0.3, -0.25) is 4.79 Å². The molecule has 28 heavy (non-hydrogen) atoms. The van der Waals surface area contributed by atoms with Crippen molar-refractivity contribution in [1.29, 1.82) is 0 Å². The van der Waals surface area contributed by atoms with E-state index in [1.165, 1.54) is 6.33 Å². The van der Waals surface area contributed by atoms with Crippen LogP contribution in [0.25, 0.3) is 0 Å². The Morgan fingerprint density at radius 3 is 2.79 bits per heavy atom. The van der Waals surface area contributed by atoms with Crippen LogP contribution >= 0.6 is 0 Å². The quantitative estimate of drug-likeness (QED) is 0.727. The van der Waals surface area contributed by atoms with E-state index in [-0.39, 0.29) is 12.7 Å². The van der Waals surface area contributed by atoms with E-state index in [0.717, 1.165) is 16.9 Å². The van der Waals surface area contributed by atoms with E-state index >= 15 is 0 Å². The molecule has 1 aliphatic heterocycles. The zero-order valence-corrected chi connectivity index (χ0v) is 15.7. The number of nitrogens with one attached hydrogen (secondary N) is 1. The number of fused-ring (bicyclic) bond motifs is 1. The molecule has 0 radical (unpaired) electrons. The molecular formula is C21H20N4O3. The number of hydrogen-bond donors (Lipinski definition) is 1. The molecule has 1 aliphatic rings. The number of carbonyl (C=O) groups excluding carboxylic acids is 1. The molecule has 0 spiro atoms. The number of anilines is 3. The Hall–Kier alpha value is -3.61. The number of carbonyl (C=O) groups is 1. The number of rotatable bonds is 5. The molecule has 0 fully saturated rings. The summed E-state index contributed by atoms with van der Waals surface area (Å²) in [5.41, 5.74) is 3.04. The summed E-state index contributed by atoms with van der Waals surface area (Å²) >= 11 is 0. The normalized spacial score (nSPS) is 11.9. The number of amides is 1. The molecule has 1 amide bonds. The molecule has 0 bridgehead atoms. The fourth-order valence-electron chi connectivity index (χ4n) is 3.04. The van der Waals surface area contributed by atoms with Gasteiger partial charge in [0.2, 0.25) is 6.79 Å². The fourth-order valence-corrected chi connectivity index (χ4v) is 3.04. The van der Waals surface area contributed by atoms with E-state index in [2.05, 4.69) is 15.3 Å². The molecule has 7 nitrogen and oxygen atoms in total. The summed E-state index contributed by atoms with van der Waals surface area (Å²) in [5.74, 6) is 1.73. The average molecular weight is 376 g/mol. The van der Waals surface area contributed by atoms with Crippen molar-refractivity contribution in [2.24, 2.45) is 0 Å². The van der Waals surface area contributed by atoms with Crippen molar-refractivity contribution < 1.29 is 14.3 Å². The summed E-state index contributed by atoms with van der Waals surface area (Å²) in [4.78, 5) is 23.1. The van der Waals surface area contributed by atoms with Crippen molar-refractivity contribution in [3.63, 3.8) is 0 Å². The van der Waals surface area contributed by atoms with E-state index < -0.39 is 0 Å². The van der Waals surface area contributed by atoms with E-state index in [1.807, 2.05) is 56.3 Å². The van der Waals surface area contributed by atoms with Crippen LogP contribution in [0.2, 0.25) is 0 Å². The molecule has 7 heteroatoms. The number of aryl methyl sites for hydroxylation is 1. The predicted molar refractivity (Wildman–Crippen MR) is 106 cm³/mol. The Balaban J connectivity index is 1.56. The maximum atomic E-state index is 13.0. The topological polar surface area (TPSA) is 76.6 Å². The van der Waals surface area contributed by atoms with Gasteiger partial charge in [0.15, 0.2) is 11.5 Å². The molecule has 2 heterocycles. The van der Waals surface area contributed by atoms with Crippen LogP contribution in [0.1, 0.15) is 23.0 Å². The second kappa shape index (κ2) is 7.56. The maximum Gasteiger partial charge on any atom is 0.277 e. The van der Waals surface area contributed by atoms with Crippen LogP contribution in [-0.2, 0) is 0 Å². The van der Waals surface area contributed by atoms with E-state index in [0.29, 0.717) is 29.6 Å². The maximum absolute atomic E-state index is 13.0. The Kier molecular flexibility index (Phi) is 4.80. The van der Waals surface area contributed by atoms with Crippen molar-refractivity contribution in [1.82, 2.24) is 9.97 Å². The summed E-state index contributed by atoms with van der Waals surface area (Å²) < 4.78 is 10.7. The van der Waals surface area contributed by atoms with Crippen LogP contribution in [0.15, 0.2) is 54.9 Å². The molecule has 0 unspecified atom stereocenters. The minimum Gasteiger partial charge on any atom is -0.454 e. The minimum absolute atomic E-state index is 0.177. The molecule has 1 aromatic heterocycles. The second-order valence-corrected chi connectivity index (χ2v) is 6.37. The van der Waals surface area contributed by atoms with Crippen molar-refractivity contribution >= 4 is 23.1 Å². The summed E-state index contributed by atoms with van der Waals surface area (Å²) in [7, 11) is 0. The molecular weight excluding hydrogens is 356 g/mol. The minimum atomic E-state index is -0.177. The summed E-state index contributed by atoms with van der Waals surface area (Å²) in [6.07, 6.45) is 1.38. The van der Waals surface area contributed by atoms with Crippen molar-refractivity contribution in [2.45, 2.75) is 13.8 Å². The van der Waals surface area contributed by atoms with Gasteiger partial charge in [0.25, 0.3) is 5.91 Å². The number of benzene rings is 2. The zero-order chi connectivity index (χ0) is 19.5. The molecule has 4 rings (SSSR count). The standard InChI is InChI=1S/C21H20N4O3/c1-3-25(16-6-4-5-14(2)9-16)21(26)17-11-20(23-12-22-17)24-15-7-8-18-19(10-15)28-13-27-18/h4-12H,3,13H2,1-2H3,(H,22,23,24). The monoisotopic (exact) mass is 376 g/mol. The van der Waals surface area contributed by atoms with Gasteiger partial charge in [-0.25, -0.2) is 9.97 Å². The Bertz CT molecular complexity index is 1020. The number of aromatic nitrogens is 2. The van der Waals surface area contributed by atoms with Crippen LogP contribution in [0, 0.1) is 6.92 Å². The lowest BCUT2D eigenvalue weighted by Crippen LogP contribution is -2.31. The van der Waals surface area contributed by atoms with Gasteiger partial charge in [0.1, 0.15) is 17.8 Å². The lowest BCUT2D eigenvalue weighted by molar-refractivity contribution is 0.0983. The average Bonchev–Trinajstić information content (AvgIpc) is 3.17. The van der Waals surface area contributed by atoms with Crippen molar-refractivity contribution in [2.75, 3.05) is 23.6 Å². The highest BCUT2D eigenvalue weighted by Gasteiger charge is 2.19. The van der Waals surface area contributed by atoms with Gasteiger partial charge in [-0.1, -0.05) is 12.1 Å². The first-order valence-corrected chi connectivity index (χ1v) is 9.01. The Labute approximate surface area is 163 Å². The number of hydrogen-bond acceptors (Lipinski definition) is 6. The first-order valence-electron chi connectivity index (χ1n) is 9.01. The zero-order valence-electron chi connectivity index (χ0n) is 15.7. The third-order valence-electron chi connectivity index (χ3n) is 4.41. The van der Waals surface area contributed by atoms with Gasteiger partial charge in [-0.05, 0) is 43.7 Å². The SMILES string of the molecule is CCN(C(=O)c1cc(Nc2ccc3c(c2)OCO3)ncn1)c1cccc(C)c1. The lowest BCUT2D eigenvalue weighted by atomic mass is 10.2. The third kappa shape index (κ3) is 3.59. The second-order valence-electron chi connectivity index (χ2n) is 6.37.